The van der Waals surface area contributed by atoms with Gasteiger partial charge in [0.05, 0.1) is 32.4 Å². The molecule has 0 radical (unpaired) electrons. The topological polar surface area (TPSA) is 106 Å². The lowest BCUT2D eigenvalue weighted by Crippen LogP contribution is -2.56. The third-order valence-electron chi connectivity index (χ3n) is 6.98. The maximum atomic E-state index is 14.9. The summed E-state index contributed by atoms with van der Waals surface area (Å²) in [5, 5.41) is 10.6. The van der Waals surface area contributed by atoms with E-state index < -0.39 is 15.7 Å². The van der Waals surface area contributed by atoms with Crippen molar-refractivity contribution in [3.63, 3.8) is 0 Å². The van der Waals surface area contributed by atoms with Crippen LogP contribution in [0.5, 0.6) is 5.75 Å². The molecule has 1 fully saturated rings. The normalized spacial score (nSPS) is 17.4. The van der Waals surface area contributed by atoms with Crippen LogP contribution in [0.4, 0.5) is 15.9 Å². The number of amides is 1. The van der Waals surface area contributed by atoms with E-state index >= 15 is 0 Å². The van der Waals surface area contributed by atoms with Crippen molar-refractivity contribution in [2.45, 2.75) is 17.9 Å². The smallest absolute Gasteiger partial charge is 0.246 e. The molecule has 0 saturated carbocycles. The summed E-state index contributed by atoms with van der Waals surface area (Å²) in [6.07, 6.45) is 2.41. The molecule has 2 aliphatic heterocycles. The third kappa shape index (κ3) is 4.90. The van der Waals surface area contributed by atoms with E-state index in [1.807, 2.05) is 11.8 Å². The van der Waals surface area contributed by atoms with Crippen molar-refractivity contribution >= 4 is 44.7 Å². The van der Waals surface area contributed by atoms with Crippen LogP contribution in [0.25, 0.3) is 11.3 Å². The molecule has 9 nitrogen and oxygen atoms in total. The van der Waals surface area contributed by atoms with Crippen molar-refractivity contribution in [2.24, 2.45) is 4.99 Å². The number of aromatic nitrogens is 1. The van der Waals surface area contributed by atoms with E-state index in [1.54, 1.807) is 34.1 Å². The third-order valence-corrected chi connectivity index (χ3v) is 8.42. The number of fused-ring (bicyclic) bond motifs is 1. The van der Waals surface area contributed by atoms with Gasteiger partial charge < -0.3 is 19.8 Å². The summed E-state index contributed by atoms with van der Waals surface area (Å²) in [4.78, 5) is 27.2. The first-order valence-electron chi connectivity index (χ1n) is 12.5. The molecule has 0 unspecified atom stereocenters. The standard InChI is InChI=1S/C28H27ClFN5O4S/c1-4-24(37)33-12-13-34(17(2)15-33)27-18-14-19(29)26(25-20(30)8-7-10-22(25)36)32-28(18)35(16-31-27)21-9-5-6-11-23(21)40(3,38)39/h4-11,14,17,36H,1,12-13,15-16H2,2-3H3/t17-/m0/s1. The summed E-state index contributed by atoms with van der Waals surface area (Å²) in [6, 6.07) is 11.9. The number of carbonyl (C=O) groups is 1. The Bertz CT molecular complexity index is 1640. The number of amidine groups is 1. The maximum absolute atomic E-state index is 14.9. The largest absolute Gasteiger partial charge is 0.507 e. The lowest BCUT2D eigenvalue weighted by atomic mass is 10.0. The Balaban J connectivity index is 1.68. The van der Waals surface area contributed by atoms with Crippen LogP contribution in [-0.4, -0.2) is 78.7 Å². The van der Waals surface area contributed by atoms with Gasteiger partial charge in [-0.15, -0.1) is 0 Å². The molecule has 1 N–H and O–H groups in total. The number of rotatable bonds is 4. The number of aromatic hydroxyl groups is 1. The van der Waals surface area contributed by atoms with Gasteiger partial charge in [0.1, 0.15) is 29.9 Å². The SMILES string of the molecule is C=CC(=O)N1CCN(C2=NCN(c3ccccc3S(C)(=O)=O)c3nc(-c4c(O)cccc4F)c(Cl)cc32)[C@@H](C)C1. The number of pyridine rings is 1. The first-order valence-corrected chi connectivity index (χ1v) is 14.8. The lowest BCUT2D eigenvalue weighted by molar-refractivity contribution is -0.128. The van der Waals surface area contributed by atoms with E-state index in [-0.39, 0.29) is 45.5 Å². The van der Waals surface area contributed by atoms with Gasteiger partial charge in [0.2, 0.25) is 5.91 Å². The van der Waals surface area contributed by atoms with Crippen LogP contribution in [0, 0.1) is 5.82 Å². The highest BCUT2D eigenvalue weighted by atomic mass is 35.5. The van der Waals surface area contributed by atoms with E-state index in [0.717, 1.165) is 6.26 Å². The molecule has 5 rings (SSSR count). The first kappa shape index (κ1) is 27.6. The number of piperazine rings is 1. The van der Waals surface area contributed by atoms with E-state index in [2.05, 4.69) is 6.58 Å². The van der Waals surface area contributed by atoms with Crippen molar-refractivity contribution < 1.29 is 22.7 Å². The molecule has 2 aromatic carbocycles. The first-order chi connectivity index (χ1) is 19.0. The van der Waals surface area contributed by atoms with Gasteiger partial charge >= 0.3 is 0 Å². The summed E-state index contributed by atoms with van der Waals surface area (Å²) >= 11 is 6.67. The number of phenols is 1. The molecular weight excluding hydrogens is 557 g/mol. The highest BCUT2D eigenvalue weighted by Crippen LogP contribution is 2.42. The second-order valence-corrected chi connectivity index (χ2v) is 12.0. The maximum Gasteiger partial charge on any atom is 0.246 e. The lowest BCUT2D eigenvalue weighted by Gasteiger charge is -2.43. The minimum absolute atomic E-state index is 0.00792. The van der Waals surface area contributed by atoms with E-state index in [4.69, 9.17) is 21.6 Å². The second kappa shape index (κ2) is 10.5. The number of halogens is 2. The van der Waals surface area contributed by atoms with Crippen LogP contribution in [0.3, 0.4) is 0 Å². The van der Waals surface area contributed by atoms with Crippen LogP contribution < -0.4 is 4.90 Å². The summed E-state index contributed by atoms with van der Waals surface area (Å²) in [5.74, 6) is -0.322. The molecule has 0 spiro atoms. The van der Waals surface area contributed by atoms with Crippen LogP contribution in [0.2, 0.25) is 5.02 Å². The molecule has 1 atom stereocenters. The quantitative estimate of drug-likeness (QED) is 0.458. The van der Waals surface area contributed by atoms with Crippen LogP contribution >= 0.6 is 11.6 Å². The van der Waals surface area contributed by atoms with Gasteiger partial charge in [-0.3, -0.25) is 4.79 Å². The van der Waals surface area contributed by atoms with Crippen LogP contribution in [-0.2, 0) is 14.6 Å². The molecule has 1 aromatic heterocycles. The fourth-order valence-electron chi connectivity index (χ4n) is 5.09. The Morgan fingerprint density at radius 1 is 1.20 bits per heavy atom. The molecule has 0 aliphatic carbocycles. The molecule has 0 bridgehead atoms. The van der Waals surface area contributed by atoms with E-state index in [9.17, 15) is 22.7 Å². The molecule has 40 heavy (non-hydrogen) atoms. The summed E-state index contributed by atoms with van der Waals surface area (Å²) in [6.45, 7) is 6.94. The number of sulfone groups is 1. The fraction of sp³-hybridized carbons (Fsp3) is 0.250. The van der Waals surface area contributed by atoms with E-state index in [1.165, 1.54) is 30.3 Å². The molecule has 1 amide bonds. The highest BCUT2D eigenvalue weighted by Gasteiger charge is 2.35. The van der Waals surface area contributed by atoms with Crippen molar-refractivity contribution in [3.8, 4) is 17.0 Å². The number of hydrogen-bond acceptors (Lipinski definition) is 8. The highest BCUT2D eigenvalue weighted by molar-refractivity contribution is 7.90. The van der Waals surface area contributed by atoms with Gasteiger partial charge in [-0.1, -0.05) is 36.4 Å². The number of carbonyl (C=O) groups excluding carboxylic acids is 1. The number of nitrogens with zero attached hydrogens (tertiary/aromatic N) is 5. The van der Waals surface area contributed by atoms with Crippen LogP contribution in [0.1, 0.15) is 12.5 Å². The zero-order chi connectivity index (χ0) is 28.8. The average Bonchev–Trinajstić information content (AvgIpc) is 2.92. The summed E-state index contributed by atoms with van der Waals surface area (Å²) in [7, 11) is -3.63. The van der Waals surface area contributed by atoms with Gasteiger partial charge in [0, 0.05) is 31.9 Å². The predicted molar refractivity (Wildman–Crippen MR) is 152 cm³/mol. The van der Waals surface area contributed by atoms with Crippen molar-refractivity contribution in [1.29, 1.82) is 0 Å². The van der Waals surface area contributed by atoms with Gasteiger partial charge in [0.25, 0.3) is 0 Å². The summed E-state index contributed by atoms with van der Waals surface area (Å²) in [5.41, 5.74) is 0.700. The van der Waals surface area contributed by atoms with Gasteiger partial charge in [-0.2, -0.15) is 0 Å². The Morgan fingerprint density at radius 2 is 1.95 bits per heavy atom. The van der Waals surface area contributed by atoms with Gasteiger partial charge in [-0.25, -0.2) is 22.8 Å². The second-order valence-electron chi connectivity index (χ2n) is 9.65. The zero-order valence-electron chi connectivity index (χ0n) is 21.9. The molecule has 1 saturated heterocycles. The minimum Gasteiger partial charge on any atom is -0.507 e. The molecule has 3 heterocycles. The van der Waals surface area contributed by atoms with Crippen molar-refractivity contribution in [2.75, 3.05) is 37.5 Å². The van der Waals surface area contributed by atoms with Crippen molar-refractivity contribution in [1.82, 2.24) is 14.8 Å². The Labute approximate surface area is 236 Å². The molecule has 12 heteroatoms. The molecule has 208 valence electrons. The fourth-order valence-corrected chi connectivity index (χ4v) is 6.22. The predicted octanol–water partition coefficient (Wildman–Crippen LogP) is 4.22. The summed E-state index contributed by atoms with van der Waals surface area (Å²) < 4.78 is 40.3. The molecule has 3 aromatic rings. The number of hydrogen-bond donors (Lipinski definition) is 1. The Hall–Kier alpha value is -3.96. The van der Waals surface area contributed by atoms with Crippen LogP contribution in [0.15, 0.2) is 71.1 Å². The van der Waals surface area contributed by atoms with Crippen molar-refractivity contribution in [3.05, 3.63) is 77.6 Å². The number of phenolic OH excluding ortho intramolecular Hbond substituents is 1. The van der Waals surface area contributed by atoms with E-state index in [0.29, 0.717) is 42.5 Å². The van der Waals surface area contributed by atoms with Gasteiger partial charge in [0.15, 0.2) is 9.84 Å². The Morgan fingerprint density at radius 3 is 2.62 bits per heavy atom. The monoisotopic (exact) mass is 583 g/mol. The molecule has 2 aliphatic rings. The number of aliphatic imine (C=N–C) groups is 1. The number of anilines is 2. The van der Waals surface area contributed by atoms with Gasteiger partial charge in [-0.05, 0) is 43.3 Å². The Kier molecular flexibility index (Phi) is 7.28. The minimum atomic E-state index is -3.63. The number of benzene rings is 2. The number of para-hydroxylation sites is 1. The zero-order valence-corrected chi connectivity index (χ0v) is 23.5. The molecular formula is C28H27ClFN5O4S. The average molecular weight is 584 g/mol.